The second-order valence-electron chi connectivity index (χ2n) is 4.35. The highest BCUT2D eigenvalue weighted by atomic mass is 19.2. The largest absolute Gasteiger partial charge is 0.351 e. The molecule has 3 nitrogen and oxygen atoms in total. The summed E-state index contributed by atoms with van der Waals surface area (Å²) in [5.41, 5.74) is 0.227. The summed E-state index contributed by atoms with van der Waals surface area (Å²) in [6, 6.07) is 3.61. The summed E-state index contributed by atoms with van der Waals surface area (Å²) < 4.78 is 38.4. The average molecular weight is 287 g/mol. The Labute approximate surface area is 119 Å². The molecule has 0 spiro atoms. The van der Waals surface area contributed by atoms with Crippen LogP contribution in [0.25, 0.3) is 0 Å². The van der Waals surface area contributed by atoms with Gasteiger partial charge in [-0.05, 0) is 32.9 Å². The number of hydrogen-bond acceptors (Lipinski definition) is 3. The lowest BCUT2D eigenvalue weighted by Gasteiger charge is -2.28. The van der Waals surface area contributed by atoms with Gasteiger partial charge in [0.25, 0.3) is 0 Å². The zero-order valence-electron chi connectivity index (χ0n) is 12.3. The molecule has 0 heterocycles. The highest BCUT2D eigenvalue weighted by Gasteiger charge is 2.27. The lowest BCUT2D eigenvalue weighted by Crippen LogP contribution is -2.37. The van der Waals surface area contributed by atoms with Crippen LogP contribution in [-0.4, -0.2) is 26.0 Å². The Morgan fingerprint density at radius 2 is 1.75 bits per heavy atom. The first kappa shape index (κ1) is 17.0. The number of hydrogen-bond donors (Lipinski definition) is 1. The summed E-state index contributed by atoms with van der Waals surface area (Å²) in [5, 5.41) is 3.17. The third kappa shape index (κ3) is 4.51. The topological polar surface area (TPSA) is 30.5 Å². The second-order valence-corrected chi connectivity index (χ2v) is 4.35. The normalized spacial score (nSPS) is 12.9. The van der Waals surface area contributed by atoms with Crippen molar-refractivity contribution in [3.8, 4) is 0 Å². The lowest BCUT2D eigenvalue weighted by molar-refractivity contribution is -0.155. The highest BCUT2D eigenvalue weighted by molar-refractivity contribution is 5.23. The van der Waals surface area contributed by atoms with E-state index in [0.717, 1.165) is 12.5 Å². The summed E-state index contributed by atoms with van der Waals surface area (Å²) in [7, 11) is 0. The number of nitrogens with one attached hydrogen (secondary N) is 1. The van der Waals surface area contributed by atoms with Crippen molar-refractivity contribution in [3.05, 3.63) is 35.4 Å². The first-order valence-corrected chi connectivity index (χ1v) is 7.06. The summed E-state index contributed by atoms with van der Waals surface area (Å²) in [6.07, 6.45) is 0.228. The molecular weight excluding hydrogens is 264 g/mol. The Balaban J connectivity index is 3.05. The van der Waals surface area contributed by atoms with Crippen molar-refractivity contribution in [2.45, 2.75) is 39.5 Å². The number of halogens is 2. The fourth-order valence-electron chi connectivity index (χ4n) is 1.98. The Morgan fingerprint density at radius 3 is 2.30 bits per heavy atom. The number of ether oxygens (including phenoxy) is 2. The van der Waals surface area contributed by atoms with Crippen LogP contribution in [0.2, 0.25) is 0 Å². The van der Waals surface area contributed by atoms with Crippen molar-refractivity contribution >= 4 is 0 Å². The van der Waals surface area contributed by atoms with Crippen LogP contribution in [0.4, 0.5) is 8.78 Å². The van der Waals surface area contributed by atoms with Crippen molar-refractivity contribution in [3.63, 3.8) is 0 Å². The van der Waals surface area contributed by atoms with Crippen LogP contribution in [0.1, 0.15) is 38.8 Å². The van der Waals surface area contributed by atoms with Gasteiger partial charge >= 0.3 is 0 Å². The molecule has 1 unspecified atom stereocenters. The van der Waals surface area contributed by atoms with Gasteiger partial charge in [-0.1, -0.05) is 19.1 Å². The van der Waals surface area contributed by atoms with E-state index in [0.29, 0.717) is 19.8 Å². The molecular formula is C15H23F2NO2. The van der Waals surface area contributed by atoms with Crippen molar-refractivity contribution in [1.29, 1.82) is 0 Å². The van der Waals surface area contributed by atoms with E-state index in [1.807, 2.05) is 20.8 Å². The predicted molar refractivity (Wildman–Crippen MR) is 74.4 cm³/mol. The molecule has 1 aromatic rings. The van der Waals surface area contributed by atoms with Gasteiger partial charge in [-0.25, -0.2) is 8.78 Å². The number of benzene rings is 1. The molecule has 0 saturated carbocycles. The van der Waals surface area contributed by atoms with Gasteiger partial charge in [-0.2, -0.15) is 0 Å². The third-order valence-electron chi connectivity index (χ3n) is 2.86. The maximum Gasteiger partial charge on any atom is 0.176 e. The highest BCUT2D eigenvalue weighted by Crippen LogP contribution is 2.24. The van der Waals surface area contributed by atoms with Gasteiger partial charge in [0.05, 0.1) is 6.04 Å². The monoisotopic (exact) mass is 287 g/mol. The van der Waals surface area contributed by atoms with Crippen LogP contribution in [0.3, 0.4) is 0 Å². The molecule has 1 rings (SSSR count). The van der Waals surface area contributed by atoms with Gasteiger partial charge in [0.15, 0.2) is 17.9 Å². The minimum atomic E-state index is -0.863. The first-order valence-electron chi connectivity index (χ1n) is 7.06. The minimum Gasteiger partial charge on any atom is -0.351 e. The van der Waals surface area contributed by atoms with E-state index in [1.54, 1.807) is 6.07 Å². The maximum atomic E-state index is 14.0. The molecule has 20 heavy (non-hydrogen) atoms. The van der Waals surface area contributed by atoms with Crippen molar-refractivity contribution in [2.24, 2.45) is 0 Å². The van der Waals surface area contributed by atoms with E-state index in [-0.39, 0.29) is 5.56 Å². The van der Waals surface area contributed by atoms with Crippen LogP contribution in [-0.2, 0) is 9.47 Å². The smallest absolute Gasteiger partial charge is 0.176 e. The molecule has 1 atom stereocenters. The van der Waals surface area contributed by atoms with Crippen LogP contribution >= 0.6 is 0 Å². The van der Waals surface area contributed by atoms with Crippen molar-refractivity contribution in [1.82, 2.24) is 5.32 Å². The van der Waals surface area contributed by atoms with E-state index in [1.165, 1.54) is 6.07 Å². The average Bonchev–Trinajstić information content (AvgIpc) is 2.44. The Bertz CT molecular complexity index is 395. The molecule has 0 fully saturated rings. The van der Waals surface area contributed by atoms with E-state index < -0.39 is 24.0 Å². The summed E-state index contributed by atoms with van der Waals surface area (Å²) >= 11 is 0. The predicted octanol–water partition coefficient (Wildman–Crippen LogP) is 3.40. The first-order chi connectivity index (χ1) is 9.65. The van der Waals surface area contributed by atoms with Crippen molar-refractivity contribution in [2.75, 3.05) is 19.8 Å². The van der Waals surface area contributed by atoms with E-state index in [9.17, 15) is 8.78 Å². The van der Waals surface area contributed by atoms with Crippen LogP contribution in [0.5, 0.6) is 0 Å². The lowest BCUT2D eigenvalue weighted by atomic mass is 10.0. The SMILES string of the molecule is CCCNC(c1cccc(F)c1F)C(OCC)OCC. The maximum absolute atomic E-state index is 14.0. The van der Waals surface area contributed by atoms with Gasteiger partial charge in [0, 0.05) is 18.8 Å². The van der Waals surface area contributed by atoms with Crippen LogP contribution in [0, 0.1) is 11.6 Å². The standard InChI is InChI=1S/C15H23F2NO2/c1-4-10-18-14(15(19-5-2)20-6-3)11-8-7-9-12(16)13(11)17/h7-9,14-15,18H,4-6,10H2,1-3H3. The second kappa shape index (κ2) is 9.00. The Kier molecular flexibility index (Phi) is 7.65. The molecule has 1 N–H and O–H groups in total. The molecule has 0 amide bonds. The van der Waals surface area contributed by atoms with Gasteiger partial charge in [0.2, 0.25) is 0 Å². The van der Waals surface area contributed by atoms with Gasteiger partial charge < -0.3 is 14.8 Å². The molecule has 0 radical (unpaired) electrons. The van der Waals surface area contributed by atoms with E-state index in [2.05, 4.69) is 5.32 Å². The van der Waals surface area contributed by atoms with Crippen LogP contribution in [0.15, 0.2) is 18.2 Å². The molecule has 0 aliphatic rings. The molecule has 0 aliphatic heterocycles. The molecule has 0 aromatic heterocycles. The molecule has 0 bridgehead atoms. The Morgan fingerprint density at radius 1 is 1.10 bits per heavy atom. The molecule has 114 valence electrons. The molecule has 0 aliphatic carbocycles. The molecule has 5 heteroatoms. The zero-order valence-corrected chi connectivity index (χ0v) is 12.3. The quantitative estimate of drug-likeness (QED) is 0.706. The van der Waals surface area contributed by atoms with Gasteiger partial charge in [0.1, 0.15) is 0 Å². The van der Waals surface area contributed by atoms with Gasteiger partial charge in [-0.15, -0.1) is 0 Å². The fraction of sp³-hybridized carbons (Fsp3) is 0.600. The zero-order chi connectivity index (χ0) is 15.0. The molecule has 0 saturated heterocycles. The van der Waals surface area contributed by atoms with E-state index in [4.69, 9.17) is 9.47 Å². The molecule has 1 aromatic carbocycles. The minimum absolute atomic E-state index is 0.227. The Hall–Kier alpha value is -1.04. The van der Waals surface area contributed by atoms with Crippen LogP contribution < -0.4 is 5.32 Å². The third-order valence-corrected chi connectivity index (χ3v) is 2.86. The van der Waals surface area contributed by atoms with Crippen molar-refractivity contribution < 1.29 is 18.3 Å². The fourth-order valence-corrected chi connectivity index (χ4v) is 1.98. The summed E-state index contributed by atoms with van der Waals surface area (Å²) in [6.45, 7) is 7.22. The van der Waals surface area contributed by atoms with Gasteiger partial charge in [-0.3, -0.25) is 0 Å². The van der Waals surface area contributed by atoms with E-state index >= 15 is 0 Å². The number of rotatable bonds is 9. The summed E-state index contributed by atoms with van der Waals surface area (Å²) in [4.78, 5) is 0. The summed E-state index contributed by atoms with van der Waals surface area (Å²) in [5.74, 6) is -1.72.